The number of carbonyl (C=O) groups is 2. The average Bonchev–Trinajstić information content (AvgIpc) is 3.22. The van der Waals surface area contributed by atoms with Gasteiger partial charge in [-0.15, -0.1) is 0 Å². The molecule has 0 aromatic heterocycles. The molecule has 0 unspecified atom stereocenters. The van der Waals surface area contributed by atoms with Gasteiger partial charge >= 0.3 is 0 Å². The van der Waals surface area contributed by atoms with E-state index in [1.54, 1.807) is 12.1 Å². The Morgan fingerprint density at radius 3 is 2.29 bits per heavy atom. The summed E-state index contributed by atoms with van der Waals surface area (Å²) in [4.78, 5) is 27.0. The minimum atomic E-state index is -0.119. The van der Waals surface area contributed by atoms with Gasteiger partial charge in [0.15, 0.2) is 0 Å². The van der Waals surface area contributed by atoms with Crippen LogP contribution >= 0.6 is 0 Å². The van der Waals surface area contributed by atoms with Gasteiger partial charge in [-0.05, 0) is 65.9 Å². The second kappa shape index (κ2) is 9.04. The summed E-state index contributed by atoms with van der Waals surface area (Å²) < 4.78 is 0. The summed E-state index contributed by atoms with van der Waals surface area (Å²) in [5, 5.41) is 6.00. The number of anilines is 3. The van der Waals surface area contributed by atoms with Gasteiger partial charge < -0.3 is 15.5 Å². The lowest BCUT2D eigenvalue weighted by atomic mass is 10.0. The molecule has 0 atom stereocenters. The molecule has 0 saturated carbocycles. The number of nitrogens with one attached hydrogen (secondary N) is 2. The van der Waals surface area contributed by atoms with E-state index in [2.05, 4.69) is 30.5 Å². The van der Waals surface area contributed by atoms with Gasteiger partial charge in [0.1, 0.15) is 0 Å². The zero-order valence-corrected chi connectivity index (χ0v) is 17.9. The standard InChI is InChI=1S/C26H27N3O2/c1-18(2)19-7-13-23(14-8-19)28-25(30)17-27-22-11-9-21(10-12-22)26(31)29-16-15-20-5-3-4-6-24(20)29/h3-14,18,27H,15-17H2,1-2H3,(H,28,30). The molecule has 5 heteroatoms. The highest BCUT2D eigenvalue weighted by atomic mass is 16.2. The van der Waals surface area contributed by atoms with Crippen LogP contribution in [0, 0.1) is 0 Å². The van der Waals surface area contributed by atoms with E-state index in [4.69, 9.17) is 0 Å². The van der Waals surface area contributed by atoms with E-state index in [1.807, 2.05) is 59.5 Å². The van der Waals surface area contributed by atoms with E-state index in [1.165, 1.54) is 11.1 Å². The molecule has 0 fully saturated rings. The second-order valence-corrected chi connectivity index (χ2v) is 8.09. The fourth-order valence-corrected chi connectivity index (χ4v) is 3.77. The molecule has 3 aromatic carbocycles. The average molecular weight is 414 g/mol. The van der Waals surface area contributed by atoms with Crippen LogP contribution in [0.1, 0.15) is 41.3 Å². The zero-order chi connectivity index (χ0) is 21.8. The molecule has 1 aliphatic rings. The van der Waals surface area contributed by atoms with Crippen molar-refractivity contribution in [1.82, 2.24) is 0 Å². The van der Waals surface area contributed by atoms with Gasteiger partial charge in [-0.3, -0.25) is 9.59 Å². The number of para-hydroxylation sites is 1. The Morgan fingerprint density at radius 1 is 0.903 bits per heavy atom. The number of amides is 2. The maximum Gasteiger partial charge on any atom is 0.258 e. The third-order valence-corrected chi connectivity index (χ3v) is 5.58. The summed E-state index contributed by atoms with van der Waals surface area (Å²) in [5.74, 6) is 0.340. The van der Waals surface area contributed by atoms with Gasteiger partial charge in [-0.25, -0.2) is 0 Å². The number of rotatable bonds is 6. The van der Waals surface area contributed by atoms with E-state index in [9.17, 15) is 9.59 Å². The summed E-state index contributed by atoms with van der Waals surface area (Å²) in [5.41, 5.74) is 5.65. The summed E-state index contributed by atoms with van der Waals surface area (Å²) >= 11 is 0. The molecule has 31 heavy (non-hydrogen) atoms. The Labute approximate surface area is 183 Å². The van der Waals surface area contributed by atoms with Crippen molar-refractivity contribution in [1.29, 1.82) is 0 Å². The van der Waals surface area contributed by atoms with E-state index >= 15 is 0 Å². The second-order valence-electron chi connectivity index (χ2n) is 8.09. The van der Waals surface area contributed by atoms with Crippen LogP contribution in [0.15, 0.2) is 72.8 Å². The van der Waals surface area contributed by atoms with E-state index in [-0.39, 0.29) is 18.4 Å². The third-order valence-electron chi connectivity index (χ3n) is 5.58. The first-order chi connectivity index (χ1) is 15.0. The molecule has 0 radical (unpaired) electrons. The van der Waals surface area contributed by atoms with Gasteiger partial charge in [0.05, 0.1) is 6.54 Å². The normalized spacial score (nSPS) is 12.5. The molecule has 0 spiro atoms. The lowest BCUT2D eigenvalue weighted by molar-refractivity contribution is -0.114. The predicted octanol–water partition coefficient (Wildman–Crippen LogP) is 5.06. The molecule has 4 rings (SSSR count). The SMILES string of the molecule is CC(C)c1ccc(NC(=O)CNc2ccc(C(=O)N3CCc4ccccc43)cc2)cc1. The molecule has 3 aromatic rings. The largest absolute Gasteiger partial charge is 0.376 e. The summed E-state index contributed by atoms with van der Waals surface area (Å²) in [6.45, 7) is 5.13. The van der Waals surface area contributed by atoms with Crippen LogP contribution in [-0.4, -0.2) is 24.9 Å². The van der Waals surface area contributed by atoms with Gasteiger partial charge in [-0.2, -0.15) is 0 Å². The molecule has 1 heterocycles. The van der Waals surface area contributed by atoms with Gasteiger partial charge in [0, 0.05) is 29.2 Å². The molecule has 2 amide bonds. The smallest absolute Gasteiger partial charge is 0.258 e. The van der Waals surface area contributed by atoms with Crippen LogP contribution in [0.2, 0.25) is 0 Å². The molecule has 0 saturated heterocycles. The summed E-state index contributed by atoms with van der Waals surface area (Å²) in [7, 11) is 0. The lowest BCUT2D eigenvalue weighted by Crippen LogP contribution is -2.28. The first-order valence-corrected chi connectivity index (χ1v) is 10.6. The van der Waals surface area contributed by atoms with Gasteiger partial charge in [0.25, 0.3) is 5.91 Å². The predicted molar refractivity (Wildman–Crippen MR) is 126 cm³/mol. The van der Waals surface area contributed by atoms with E-state index in [0.717, 1.165) is 23.5 Å². The van der Waals surface area contributed by atoms with Crippen LogP contribution in [0.3, 0.4) is 0 Å². The number of carbonyl (C=O) groups excluding carboxylic acids is 2. The first kappa shape index (κ1) is 20.7. The van der Waals surface area contributed by atoms with Crippen LogP contribution in [0.25, 0.3) is 0 Å². The van der Waals surface area contributed by atoms with Crippen LogP contribution < -0.4 is 15.5 Å². The van der Waals surface area contributed by atoms with Crippen molar-refractivity contribution in [2.24, 2.45) is 0 Å². The third kappa shape index (κ3) is 4.77. The molecular weight excluding hydrogens is 386 g/mol. The molecule has 0 bridgehead atoms. The highest BCUT2D eigenvalue weighted by molar-refractivity contribution is 6.07. The van der Waals surface area contributed by atoms with Gasteiger partial charge in [-0.1, -0.05) is 44.2 Å². The molecule has 1 aliphatic heterocycles. The number of fused-ring (bicyclic) bond motifs is 1. The van der Waals surface area contributed by atoms with E-state index < -0.39 is 0 Å². The Hall–Kier alpha value is -3.60. The lowest BCUT2D eigenvalue weighted by Gasteiger charge is -2.17. The van der Waals surface area contributed by atoms with E-state index in [0.29, 0.717) is 18.0 Å². The van der Waals surface area contributed by atoms with Crippen LogP contribution in [0.5, 0.6) is 0 Å². The van der Waals surface area contributed by atoms with Crippen LogP contribution in [0.4, 0.5) is 17.1 Å². The molecular formula is C26H27N3O2. The van der Waals surface area contributed by atoms with Crippen LogP contribution in [-0.2, 0) is 11.2 Å². The highest BCUT2D eigenvalue weighted by Crippen LogP contribution is 2.29. The molecule has 0 aliphatic carbocycles. The number of benzene rings is 3. The fraction of sp³-hybridized carbons (Fsp3) is 0.231. The van der Waals surface area contributed by atoms with Crippen molar-refractivity contribution in [2.75, 3.05) is 28.6 Å². The van der Waals surface area contributed by atoms with Crippen molar-refractivity contribution in [3.63, 3.8) is 0 Å². The molecule has 5 nitrogen and oxygen atoms in total. The first-order valence-electron chi connectivity index (χ1n) is 10.6. The van der Waals surface area contributed by atoms with Crippen molar-refractivity contribution in [2.45, 2.75) is 26.2 Å². The maximum absolute atomic E-state index is 12.9. The molecule has 2 N–H and O–H groups in total. The zero-order valence-electron chi connectivity index (χ0n) is 17.9. The summed E-state index contributed by atoms with van der Waals surface area (Å²) in [6.07, 6.45) is 0.886. The van der Waals surface area contributed by atoms with Gasteiger partial charge in [0.2, 0.25) is 5.91 Å². The van der Waals surface area contributed by atoms with Crippen molar-refractivity contribution < 1.29 is 9.59 Å². The quantitative estimate of drug-likeness (QED) is 0.594. The monoisotopic (exact) mass is 413 g/mol. The number of hydrogen-bond acceptors (Lipinski definition) is 3. The molecule has 158 valence electrons. The number of hydrogen-bond donors (Lipinski definition) is 2. The Balaban J connectivity index is 1.31. The van der Waals surface area contributed by atoms with Crippen molar-refractivity contribution in [3.8, 4) is 0 Å². The van der Waals surface area contributed by atoms with Crippen molar-refractivity contribution in [3.05, 3.63) is 89.5 Å². The maximum atomic E-state index is 12.9. The Morgan fingerprint density at radius 2 is 1.58 bits per heavy atom. The fourth-order valence-electron chi connectivity index (χ4n) is 3.77. The minimum absolute atomic E-state index is 0.000845. The topological polar surface area (TPSA) is 61.4 Å². The Bertz CT molecular complexity index is 1070. The van der Waals surface area contributed by atoms with Crippen molar-refractivity contribution >= 4 is 28.9 Å². The number of nitrogens with zero attached hydrogens (tertiary/aromatic N) is 1. The summed E-state index contributed by atoms with van der Waals surface area (Å²) in [6, 6.07) is 23.2. The Kier molecular flexibility index (Phi) is 6.03. The minimum Gasteiger partial charge on any atom is -0.376 e. The highest BCUT2D eigenvalue weighted by Gasteiger charge is 2.24.